The van der Waals surface area contributed by atoms with Gasteiger partial charge in [0.1, 0.15) is 0 Å². The second-order valence-electron chi connectivity index (χ2n) is 3.29. The fourth-order valence-electron chi connectivity index (χ4n) is 1.29. The summed E-state index contributed by atoms with van der Waals surface area (Å²) in [4.78, 5) is 11.0. The molecule has 0 bridgehead atoms. The Bertz CT molecular complexity index is 334. The van der Waals surface area contributed by atoms with E-state index < -0.39 is 5.97 Å². The van der Waals surface area contributed by atoms with Crippen molar-refractivity contribution in [2.45, 2.75) is 25.6 Å². The van der Waals surface area contributed by atoms with Crippen LogP contribution in [0.3, 0.4) is 0 Å². The fraction of sp³-hybridized carbons (Fsp3) is 0.556. The van der Waals surface area contributed by atoms with E-state index in [1.165, 1.54) is 0 Å². The lowest BCUT2D eigenvalue weighted by Gasteiger charge is -2.08. The molecule has 0 unspecified atom stereocenters. The lowest BCUT2D eigenvalue weighted by molar-refractivity contribution is 0.0680. The highest BCUT2D eigenvalue weighted by Gasteiger charge is 2.18. The first-order chi connectivity index (χ1) is 6.57. The van der Waals surface area contributed by atoms with Crippen molar-refractivity contribution in [2.24, 2.45) is 0 Å². The van der Waals surface area contributed by atoms with Crippen LogP contribution in [0.5, 0.6) is 0 Å². The topological polar surface area (TPSA) is 55.1 Å². The summed E-state index contributed by atoms with van der Waals surface area (Å²) in [5.74, 6) is -0.214. The van der Waals surface area contributed by atoms with Crippen LogP contribution in [0.1, 0.15) is 35.9 Å². The average molecular weight is 214 g/mol. The molecule has 0 atom stereocenters. The number of thioether (sulfide) groups is 1. The quantitative estimate of drug-likeness (QED) is 0.833. The van der Waals surface area contributed by atoms with Crippen LogP contribution in [0.2, 0.25) is 0 Å². The summed E-state index contributed by atoms with van der Waals surface area (Å²) in [5, 5.41) is 13.1. The van der Waals surface area contributed by atoms with Gasteiger partial charge in [-0.2, -0.15) is 16.9 Å². The number of carbonyl (C=O) groups is 1. The molecule has 4 nitrogen and oxygen atoms in total. The van der Waals surface area contributed by atoms with Gasteiger partial charge in [-0.05, 0) is 20.1 Å². The van der Waals surface area contributed by atoms with E-state index in [0.717, 1.165) is 5.56 Å². The fourth-order valence-corrected chi connectivity index (χ4v) is 1.81. The molecule has 0 spiro atoms. The van der Waals surface area contributed by atoms with Gasteiger partial charge in [-0.1, -0.05) is 0 Å². The molecular formula is C9H14N2O2S. The van der Waals surface area contributed by atoms with Crippen LogP contribution < -0.4 is 0 Å². The zero-order valence-electron chi connectivity index (χ0n) is 8.52. The predicted octanol–water partition coefficient (Wildman–Crippen LogP) is 2.03. The van der Waals surface area contributed by atoms with Crippen molar-refractivity contribution in [3.63, 3.8) is 0 Å². The molecule has 0 aliphatic heterocycles. The minimum atomic E-state index is -0.903. The average Bonchev–Trinajstić information content (AvgIpc) is 2.48. The first-order valence-electron chi connectivity index (χ1n) is 4.36. The van der Waals surface area contributed by atoms with E-state index >= 15 is 0 Å². The Balaban J connectivity index is 3.13. The Morgan fingerprint density at radius 1 is 1.71 bits per heavy atom. The SMILES string of the molecule is CSCc1cnn(C(C)C)c1C(=O)O. The molecule has 0 aliphatic carbocycles. The number of hydrogen-bond acceptors (Lipinski definition) is 3. The summed E-state index contributed by atoms with van der Waals surface area (Å²) in [6.07, 6.45) is 3.58. The summed E-state index contributed by atoms with van der Waals surface area (Å²) in [6, 6.07) is 0.0803. The predicted molar refractivity (Wildman–Crippen MR) is 56.8 cm³/mol. The number of nitrogens with zero attached hydrogens (tertiary/aromatic N) is 2. The van der Waals surface area contributed by atoms with E-state index in [4.69, 9.17) is 5.11 Å². The first-order valence-corrected chi connectivity index (χ1v) is 5.76. The van der Waals surface area contributed by atoms with Gasteiger partial charge in [-0.25, -0.2) is 4.79 Å². The standard InChI is InChI=1S/C9H14N2O2S/c1-6(2)11-8(9(12)13)7(4-10-11)5-14-3/h4,6H,5H2,1-3H3,(H,12,13). The van der Waals surface area contributed by atoms with Gasteiger partial charge >= 0.3 is 5.97 Å². The molecule has 5 heteroatoms. The molecule has 0 saturated heterocycles. The van der Waals surface area contributed by atoms with Crippen molar-refractivity contribution in [2.75, 3.05) is 6.26 Å². The lowest BCUT2D eigenvalue weighted by atomic mass is 10.2. The maximum atomic E-state index is 11.0. The third-order valence-electron chi connectivity index (χ3n) is 1.86. The van der Waals surface area contributed by atoms with E-state index in [1.54, 1.807) is 22.6 Å². The van der Waals surface area contributed by atoms with Crippen molar-refractivity contribution < 1.29 is 9.90 Å². The van der Waals surface area contributed by atoms with Gasteiger partial charge in [-0.15, -0.1) is 0 Å². The van der Waals surface area contributed by atoms with Crippen LogP contribution in [0.4, 0.5) is 0 Å². The number of carboxylic acids is 1. The van der Waals surface area contributed by atoms with Crippen LogP contribution in [0, 0.1) is 0 Å². The number of hydrogen-bond donors (Lipinski definition) is 1. The summed E-state index contributed by atoms with van der Waals surface area (Å²) in [7, 11) is 0. The van der Waals surface area contributed by atoms with E-state index in [9.17, 15) is 4.79 Å². The number of carboxylic acid groups (broad SMARTS) is 1. The molecule has 1 aromatic heterocycles. The molecular weight excluding hydrogens is 200 g/mol. The van der Waals surface area contributed by atoms with Crippen molar-refractivity contribution in [3.8, 4) is 0 Å². The third-order valence-corrected chi connectivity index (χ3v) is 2.46. The molecule has 0 aromatic carbocycles. The van der Waals surface area contributed by atoms with Gasteiger partial charge in [-0.3, -0.25) is 4.68 Å². The lowest BCUT2D eigenvalue weighted by Crippen LogP contribution is -2.13. The molecule has 0 radical (unpaired) electrons. The van der Waals surface area contributed by atoms with Gasteiger partial charge < -0.3 is 5.11 Å². The Kier molecular flexibility index (Phi) is 3.57. The smallest absolute Gasteiger partial charge is 0.354 e. The molecule has 0 fully saturated rings. The van der Waals surface area contributed by atoms with E-state index in [-0.39, 0.29) is 6.04 Å². The second kappa shape index (κ2) is 4.50. The Morgan fingerprint density at radius 3 is 2.79 bits per heavy atom. The van der Waals surface area contributed by atoms with Gasteiger partial charge in [0.15, 0.2) is 5.69 Å². The van der Waals surface area contributed by atoms with Gasteiger partial charge in [0.05, 0.1) is 6.20 Å². The van der Waals surface area contributed by atoms with E-state index in [0.29, 0.717) is 11.4 Å². The van der Waals surface area contributed by atoms with Crippen LogP contribution in [-0.2, 0) is 5.75 Å². The second-order valence-corrected chi connectivity index (χ2v) is 4.16. The van der Waals surface area contributed by atoms with Crippen LogP contribution in [-0.4, -0.2) is 27.1 Å². The van der Waals surface area contributed by atoms with Gasteiger partial charge in [0.2, 0.25) is 0 Å². The summed E-state index contributed by atoms with van der Waals surface area (Å²) in [6.45, 7) is 3.84. The number of aromatic nitrogens is 2. The van der Waals surface area contributed by atoms with Crippen molar-refractivity contribution >= 4 is 17.7 Å². The molecule has 14 heavy (non-hydrogen) atoms. The van der Waals surface area contributed by atoms with Gasteiger partial charge in [0, 0.05) is 17.4 Å². The largest absolute Gasteiger partial charge is 0.477 e. The molecule has 1 N–H and O–H groups in total. The third kappa shape index (κ3) is 2.09. The zero-order valence-corrected chi connectivity index (χ0v) is 9.34. The minimum absolute atomic E-state index is 0.0803. The highest BCUT2D eigenvalue weighted by molar-refractivity contribution is 7.97. The summed E-state index contributed by atoms with van der Waals surface area (Å²) in [5.41, 5.74) is 1.10. The maximum Gasteiger partial charge on any atom is 0.354 e. The highest BCUT2D eigenvalue weighted by atomic mass is 32.2. The summed E-state index contributed by atoms with van der Waals surface area (Å²) < 4.78 is 1.55. The summed E-state index contributed by atoms with van der Waals surface area (Å²) >= 11 is 1.59. The van der Waals surface area contributed by atoms with Crippen molar-refractivity contribution in [1.29, 1.82) is 0 Å². The highest BCUT2D eigenvalue weighted by Crippen LogP contribution is 2.17. The molecule has 78 valence electrons. The molecule has 1 rings (SSSR count). The number of rotatable bonds is 4. The normalized spacial score (nSPS) is 10.9. The molecule has 0 aliphatic rings. The Hall–Kier alpha value is -0.970. The molecule has 0 amide bonds. The molecule has 0 saturated carbocycles. The number of aromatic carboxylic acids is 1. The van der Waals surface area contributed by atoms with E-state index in [2.05, 4.69) is 5.10 Å². The van der Waals surface area contributed by atoms with Crippen LogP contribution >= 0.6 is 11.8 Å². The molecule has 1 aromatic rings. The van der Waals surface area contributed by atoms with Crippen molar-refractivity contribution in [3.05, 3.63) is 17.5 Å². The maximum absolute atomic E-state index is 11.0. The first kappa shape index (κ1) is 11.1. The Morgan fingerprint density at radius 2 is 2.36 bits per heavy atom. The zero-order chi connectivity index (χ0) is 10.7. The van der Waals surface area contributed by atoms with Crippen LogP contribution in [0.25, 0.3) is 0 Å². The van der Waals surface area contributed by atoms with Gasteiger partial charge in [0.25, 0.3) is 0 Å². The monoisotopic (exact) mass is 214 g/mol. The minimum Gasteiger partial charge on any atom is -0.477 e. The molecule has 1 heterocycles. The Labute approximate surface area is 87.3 Å². The van der Waals surface area contributed by atoms with Crippen molar-refractivity contribution in [1.82, 2.24) is 9.78 Å². The van der Waals surface area contributed by atoms with Crippen LogP contribution in [0.15, 0.2) is 6.20 Å². The van der Waals surface area contributed by atoms with E-state index in [1.807, 2.05) is 20.1 Å².